The van der Waals surface area contributed by atoms with E-state index in [4.69, 9.17) is 10.00 Å². The fraction of sp³-hybridized carbons (Fsp3) is 0.130. The Kier molecular flexibility index (Phi) is 6.03. The monoisotopic (exact) mass is 374 g/mol. The van der Waals surface area contributed by atoms with Gasteiger partial charge in [-0.3, -0.25) is 4.79 Å². The lowest BCUT2D eigenvalue weighted by atomic mass is 10.0. The van der Waals surface area contributed by atoms with Crippen LogP contribution < -0.4 is 9.64 Å². The third kappa shape index (κ3) is 4.54. The maximum Gasteiger partial charge on any atom is 0.264 e. The standard InChI is InChI=1S/C23H19FN2O2/c1-2-26(21-11-9-20(24)10-12-21)23(27)16-28-22-13-7-19(8-14-22)18-5-3-17(15-25)4-6-18/h3-14H,2,16H2,1H3. The summed E-state index contributed by atoms with van der Waals surface area (Å²) in [6, 6.07) is 22.6. The molecule has 3 rings (SSSR count). The molecular formula is C23H19FN2O2. The molecule has 0 heterocycles. The minimum Gasteiger partial charge on any atom is -0.484 e. The highest BCUT2D eigenvalue weighted by molar-refractivity contribution is 5.94. The van der Waals surface area contributed by atoms with E-state index < -0.39 is 0 Å². The Hall–Kier alpha value is -3.65. The fourth-order valence-corrected chi connectivity index (χ4v) is 2.83. The molecule has 0 N–H and O–H groups in total. The van der Waals surface area contributed by atoms with Gasteiger partial charge in [-0.1, -0.05) is 24.3 Å². The lowest BCUT2D eigenvalue weighted by Gasteiger charge is -2.21. The van der Waals surface area contributed by atoms with E-state index in [-0.39, 0.29) is 18.3 Å². The number of benzene rings is 3. The summed E-state index contributed by atoms with van der Waals surface area (Å²) in [7, 11) is 0. The summed E-state index contributed by atoms with van der Waals surface area (Å²) in [5, 5.41) is 8.87. The minimum atomic E-state index is -0.342. The SMILES string of the molecule is CCN(C(=O)COc1ccc(-c2ccc(C#N)cc2)cc1)c1ccc(F)cc1. The van der Waals surface area contributed by atoms with Gasteiger partial charge in [-0.05, 0) is 66.6 Å². The first-order chi connectivity index (χ1) is 13.6. The zero-order valence-corrected chi connectivity index (χ0v) is 15.4. The van der Waals surface area contributed by atoms with Gasteiger partial charge in [-0.2, -0.15) is 5.26 Å². The smallest absolute Gasteiger partial charge is 0.264 e. The van der Waals surface area contributed by atoms with E-state index in [1.807, 2.05) is 31.2 Å². The fourth-order valence-electron chi connectivity index (χ4n) is 2.83. The maximum atomic E-state index is 13.1. The van der Waals surface area contributed by atoms with Crippen LogP contribution in [0, 0.1) is 17.1 Å². The topological polar surface area (TPSA) is 53.3 Å². The van der Waals surface area contributed by atoms with Crippen molar-refractivity contribution in [3.8, 4) is 22.9 Å². The van der Waals surface area contributed by atoms with Crippen molar-refractivity contribution in [3.63, 3.8) is 0 Å². The molecule has 140 valence electrons. The third-order valence-electron chi connectivity index (χ3n) is 4.32. The minimum absolute atomic E-state index is 0.110. The van der Waals surface area contributed by atoms with Crippen molar-refractivity contribution in [2.75, 3.05) is 18.1 Å². The second kappa shape index (κ2) is 8.83. The molecule has 0 aliphatic rings. The van der Waals surface area contributed by atoms with E-state index in [9.17, 15) is 9.18 Å². The van der Waals surface area contributed by atoms with E-state index in [1.165, 1.54) is 12.1 Å². The summed E-state index contributed by atoms with van der Waals surface area (Å²) < 4.78 is 18.7. The molecule has 0 atom stereocenters. The Morgan fingerprint density at radius 2 is 1.54 bits per heavy atom. The van der Waals surface area contributed by atoms with Crippen LogP contribution in [0.15, 0.2) is 72.8 Å². The van der Waals surface area contributed by atoms with E-state index in [1.54, 1.807) is 41.3 Å². The van der Waals surface area contributed by atoms with Crippen molar-refractivity contribution in [2.45, 2.75) is 6.92 Å². The van der Waals surface area contributed by atoms with Crippen molar-refractivity contribution < 1.29 is 13.9 Å². The largest absolute Gasteiger partial charge is 0.484 e. The highest BCUT2D eigenvalue weighted by Gasteiger charge is 2.14. The Bertz CT molecular complexity index is 975. The molecule has 1 amide bonds. The number of rotatable bonds is 6. The molecule has 0 radical (unpaired) electrons. The first-order valence-corrected chi connectivity index (χ1v) is 8.90. The number of nitriles is 1. The molecular weight excluding hydrogens is 355 g/mol. The van der Waals surface area contributed by atoms with E-state index in [0.717, 1.165) is 11.1 Å². The number of carbonyl (C=O) groups excluding carboxylic acids is 1. The Balaban J connectivity index is 1.62. The van der Waals surface area contributed by atoms with E-state index >= 15 is 0 Å². The van der Waals surface area contributed by atoms with Crippen LogP contribution in [0.5, 0.6) is 5.75 Å². The van der Waals surface area contributed by atoms with Gasteiger partial charge in [-0.25, -0.2) is 4.39 Å². The molecule has 0 bridgehead atoms. The summed E-state index contributed by atoms with van der Waals surface area (Å²) in [5.41, 5.74) is 3.23. The van der Waals surface area contributed by atoms with Crippen molar-refractivity contribution in [1.29, 1.82) is 5.26 Å². The third-order valence-corrected chi connectivity index (χ3v) is 4.32. The Labute approximate surface area is 163 Å². The first kappa shape index (κ1) is 19.1. The molecule has 3 aromatic rings. The molecule has 4 nitrogen and oxygen atoms in total. The molecule has 0 aliphatic carbocycles. The van der Waals surface area contributed by atoms with E-state index in [0.29, 0.717) is 23.5 Å². The summed E-state index contributed by atoms with van der Waals surface area (Å²) >= 11 is 0. The number of halogens is 1. The highest BCUT2D eigenvalue weighted by atomic mass is 19.1. The van der Waals surface area contributed by atoms with Crippen LogP contribution in [-0.2, 0) is 4.79 Å². The van der Waals surface area contributed by atoms with Crippen LogP contribution in [0.1, 0.15) is 12.5 Å². The Morgan fingerprint density at radius 3 is 2.07 bits per heavy atom. The zero-order chi connectivity index (χ0) is 19.9. The van der Waals surface area contributed by atoms with Gasteiger partial charge in [0.25, 0.3) is 5.91 Å². The lowest BCUT2D eigenvalue weighted by Crippen LogP contribution is -2.34. The second-order valence-electron chi connectivity index (χ2n) is 6.12. The highest BCUT2D eigenvalue weighted by Crippen LogP contribution is 2.23. The molecule has 0 spiro atoms. The summed E-state index contributed by atoms with van der Waals surface area (Å²) in [6.45, 7) is 2.21. The van der Waals surface area contributed by atoms with Crippen LogP contribution in [0.2, 0.25) is 0 Å². The number of hydrogen-bond donors (Lipinski definition) is 0. The molecule has 0 aromatic heterocycles. The van der Waals surface area contributed by atoms with E-state index in [2.05, 4.69) is 6.07 Å². The van der Waals surface area contributed by atoms with Crippen molar-refractivity contribution >= 4 is 11.6 Å². The van der Waals surface area contributed by atoms with Gasteiger partial charge in [0.05, 0.1) is 11.6 Å². The number of ether oxygens (including phenoxy) is 1. The van der Waals surface area contributed by atoms with Crippen molar-refractivity contribution in [1.82, 2.24) is 0 Å². The summed E-state index contributed by atoms with van der Waals surface area (Å²) in [6.07, 6.45) is 0. The number of amides is 1. The molecule has 0 fully saturated rings. The normalized spacial score (nSPS) is 10.2. The van der Waals surface area contributed by atoms with Crippen LogP contribution in [0.4, 0.5) is 10.1 Å². The quantitative estimate of drug-likeness (QED) is 0.623. The van der Waals surface area contributed by atoms with Crippen LogP contribution in [-0.4, -0.2) is 19.1 Å². The second-order valence-corrected chi connectivity index (χ2v) is 6.12. The van der Waals surface area contributed by atoms with Gasteiger partial charge in [-0.15, -0.1) is 0 Å². The summed E-state index contributed by atoms with van der Waals surface area (Å²) in [4.78, 5) is 14.0. The predicted octanol–water partition coefficient (Wildman–Crippen LogP) is 4.80. The molecule has 3 aromatic carbocycles. The van der Waals surface area contributed by atoms with Crippen LogP contribution in [0.3, 0.4) is 0 Å². The van der Waals surface area contributed by atoms with Gasteiger partial charge in [0, 0.05) is 12.2 Å². The first-order valence-electron chi connectivity index (χ1n) is 8.90. The summed E-state index contributed by atoms with van der Waals surface area (Å²) in [5.74, 6) is 0.0389. The number of anilines is 1. The van der Waals surface area contributed by atoms with Gasteiger partial charge in [0.2, 0.25) is 0 Å². The molecule has 0 unspecified atom stereocenters. The van der Waals surface area contributed by atoms with Gasteiger partial charge in [0.15, 0.2) is 6.61 Å². The van der Waals surface area contributed by atoms with Gasteiger partial charge in [0.1, 0.15) is 11.6 Å². The van der Waals surface area contributed by atoms with Crippen LogP contribution in [0.25, 0.3) is 11.1 Å². The average Bonchev–Trinajstić information content (AvgIpc) is 2.74. The van der Waals surface area contributed by atoms with Gasteiger partial charge < -0.3 is 9.64 Å². The molecule has 28 heavy (non-hydrogen) atoms. The number of likely N-dealkylation sites (N-methyl/N-ethyl adjacent to an activating group) is 1. The molecule has 0 saturated heterocycles. The zero-order valence-electron chi connectivity index (χ0n) is 15.4. The van der Waals surface area contributed by atoms with Gasteiger partial charge >= 0.3 is 0 Å². The maximum absolute atomic E-state index is 13.1. The van der Waals surface area contributed by atoms with Crippen LogP contribution >= 0.6 is 0 Å². The Morgan fingerprint density at radius 1 is 0.964 bits per heavy atom. The molecule has 0 aliphatic heterocycles. The van der Waals surface area contributed by atoms with Crippen molar-refractivity contribution in [3.05, 3.63) is 84.2 Å². The number of nitrogens with zero attached hydrogens (tertiary/aromatic N) is 2. The van der Waals surface area contributed by atoms with Crippen molar-refractivity contribution in [2.24, 2.45) is 0 Å². The number of carbonyl (C=O) groups is 1. The molecule has 5 heteroatoms. The predicted molar refractivity (Wildman–Crippen MR) is 107 cm³/mol. The molecule has 0 saturated carbocycles. The lowest BCUT2D eigenvalue weighted by molar-refractivity contribution is -0.120. The average molecular weight is 374 g/mol. The number of hydrogen-bond acceptors (Lipinski definition) is 3.